The lowest BCUT2D eigenvalue weighted by atomic mass is 9.78. The molecule has 34 heavy (non-hydrogen) atoms. The summed E-state index contributed by atoms with van der Waals surface area (Å²) in [6, 6.07) is 14.8. The van der Waals surface area contributed by atoms with Gasteiger partial charge in [0.25, 0.3) is 0 Å². The third-order valence-electron chi connectivity index (χ3n) is 6.39. The largest absolute Gasteiger partial charge is 0.494 e. The van der Waals surface area contributed by atoms with Gasteiger partial charge in [-0.15, -0.1) is 0 Å². The van der Waals surface area contributed by atoms with Crippen LogP contribution in [0.4, 0.5) is 10.5 Å². The minimum Gasteiger partial charge on any atom is -0.441 e. The molecule has 1 N–H and O–H groups in total. The zero-order valence-corrected chi connectivity index (χ0v) is 20.9. The molecule has 1 aliphatic rings. The smallest absolute Gasteiger partial charge is 0.441 e. The minimum atomic E-state index is -0.637. The van der Waals surface area contributed by atoms with Crippen LogP contribution in [0, 0.1) is 6.92 Å². The van der Waals surface area contributed by atoms with E-state index >= 15 is 0 Å². The standard InChI is InChI=1S/C25H28BClN2O5/c1-15-21(28-23(30)31-16(2)19-12-7-8-13-20(19)27)22(32-29-15)17-10-9-11-18(14-17)26-33-24(3,4)25(5,6)34-26/h7-14,16H,1-6H3,(H,28,30). The number of hydrogen-bond acceptors (Lipinski definition) is 6. The first kappa shape index (κ1) is 24.3. The van der Waals surface area contributed by atoms with Crippen LogP contribution in [0.25, 0.3) is 11.3 Å². The van der Waals surface area contributed by atoms with Crippen LogP contribution in [0.1, 0.15) is 52.0 Å². The summed E-state index contributed by atoms with van der Waals surface area (Å²) >= 11 is 6.22. The quantitative estimate of drug-likeness (QED) is 0.455. The van der Waals surface area contributed by atoms with E-state index in [0.717, 1.165) is 16.6 Å². The van der Waals surface area contributed by atoms with Crippen molar-refractivity contribution in [3.05, 3.63) is 64.8 Å². The summed E-state index contributed by atoms with van der Waals surface area (Å²) in [5.74, 6) is 0.415. The Balaban J connectivity index is 1.54. The summed E-state index contributed by atoms with van der Waals surface area (Å²) in [6.45, 7) is 11.5. The highest BCUT2D eigenvalue weighted by molar-refractivity contribution is 6.62. The molecule has 1 amide bonds. The Hall–Kier alpha value is -2.81. The molecular formula is C25H28BClN2O5. The monoisotopic (exact) mass is 482 g/mol. The van der Waals surface area contributed by atoms with Gasteiger partial charge in [0.2, 0.25) is 0 Å². The zero-order chi connectivity index (χ0) is 24.7. The normalized spacial score (nSPS) is 17.4. The number of ether oxygens (including phenoxy) is 1. The number of anilines is 1. The molecule has 1 atom stereocenters. The molecule has 0 bridgehead atoms. The fraction of sp³-hybridized carbons (Fsp3) is 0.360. The fourth-order valence-corrected chi connectivity index (χ4v) is 3.97. The van der Waals surface area contributed by atoms with E-state index in [-0.39, 0.29) is 0 Å². The van der Waals surface area contributed by atoms with Crippen LogP contribution >= 0.6 is 11.6 Å². The summed E-state index contributed by atoms with van der Waals surface area (Å²) in [4.78, 5) is 12.7. The van der Waals surface area contributed by atoms with Gasteiger partial charge in [-0.3, -0.25) is 5.32 Å². The molecular weight excluding hydrogens is 455 g/mol. The molecule has 9 heteroatoms. The first-order chi connectivity index (χ1) is 16.0. The lowest BCUT2D eigenvalue weighted by Gasteiger charge is -2.32. The number of nitrogens with one attached hydrogen (secondary N) is 1. The highest BCUT2D eigenvalue weighted by atomic mass is 35.5. The number of nitrogens with zero attached hydrogens (tertiary/aromatic N) is 1. The van der Waals surface area contributed by atoms with Crippen molar-refractivity contribution in [3.63, 3.8) is 0 Å². The Morgan fingerprint density at radius 3 is 2.44 bits per heavy atom. The number of amides is 1. The van der Waals surface area contributed by atoms with Crippen molar-refractivity contribution in [3.8, 4) is 11.3 Å². The molecule has 7 nitrogen and oxygen atoms in total. The maximum Gasteiger partial charge on any atom is 0.494 e. The van der Waals surface area contributed by atoms with Crippen LogP contribution < -0.4 is 10.8 Å². The van der Waals surface area contributed by atoms with E-state index in [1.807, 2.05) is 70.2 Å². The SMILES string of the molecule is Cc1noc(-c2cccc(B3OC(C)(C)C(C)(C)O3)c2)c1NC(=O)OC(C)c1ccccc1Cl. The number of halogens is 1. The molecule has 2 heterocycles. The molecule has 2 aromatic carbocycles. The summed E-state index contributed by atoms with van der Waals surface area (Å²) in [5, 5.41) is 7.34. The second-order valence-corrected chi connectivity index (χ2v) is 9.79. The van der Waals surface area contributed by atoms with Crippen molar-refractivity contribution in [1.29, 1.82) is 0 Å². The number of aromatic nitrogens is 1. The lowest BCUT2D eigenvalue weighted by Crippen LogP contribution is -2.41. The molecule has 0 spiro atoms. The Bertz CT molecular complexity index is 1190. The fourth-order valence-electron chi connectivity index (χ4n) is 3.68. The topological polar surface area (TPSA) is 82.8 Å². The Morgan fingerprint density at radius 1 is 1.09 bits per heavy atom. The van der Waals surface area contributed by atoms with Gasteiger partial charge in [0.05, 0.1) is 11.2 Å². The van der Waals surface area contributed by atoms with E-state index in [0.29, 0.717) is 22.2 Å². The number of aryl methyl sites for hydroxylation is 1. The maximum absolute atomic E-state index is 12.7. The van der Waals surface area contributed by atoms with Crippen molar-refractivity contribution in [2.24, 2.45) is 0 Å². The van der Waals surface area contributed by atoms with Crippen molar-refractivity contribution >= 4 is 36.0 Å². The van der Waals surface area contributed by atoms with Gasteiger partial charge in [-0.1, -0.05) is 59.2 Å². The number of hydrogen-bond donors (Lipinski definition) is 1. The second kappa shape index (κ2) is 9.10. The van der Waals surface area contributed by atoms with Gasteiger partial charge in [0.15, 0.2) is 5.76 Å². The van der Waals surface area contributed by atoms with Crippen LogP contribution in [0.15, 0.2) is 53.1 Å². The molecule has 0 saturated carbocycles. The predicted molar refractivity (Wildman–Crippen MR) is 132 cm³/mol. The summed E-state index contributed by atoms with van der Waals surface area (Å²) in [6.07, 6.45) is -1.17. The molecule has 178 valence electrons. The van der Waals surface area contributed by atoms with Crippen LogP contribution in [-0.2, 0) is 14.0 Å². The highest BCUT2D eigenvalue weighted by Crippen LogP contribution is 2.37. The van der Waals surface area contributed by atoms with Gasteiger partial charge in [-0.25, -0.2) is 4.79 Å². The van der Waals surface area contributed by atoms with Gasteiger partial charge in [0.1, 0.15) is 17.5 Å². The van der Waals surface area contributed by atoms with Crippen molar-refractivity contribution in [1.82, 2.24) is 5.16 Å². The molecule has 0 aliphatic carbocycles. The zero-order valence-electron chi connectivity index (χ0n) is 20.1. The predicted octanol–water partition coefficient (Wildman–Crippen LogP) is 5.91. The summed E-state index contributed by atoms with van der Waals surface area (Å²) in [7, 11) is -0.521. The first-order valence-electron chi connectivity index (χ1n) is 11.1. The number of rotatable bonds is 5. The Labute approximate surface area is 204 Å². The maximum atomic E-state index is 12.7. The molecule has 1 unspecified atom stereocenters. The van der Waals surface area contributed by atoms with E-state index in [2.05, 4.69) is 10.5 Å². The average molecular weight is 483 g/mol. The summed E-state index contributed by atoms with van der Waals surface area (Å²) in [5.41, 5.74) is 2.34. The number of benzene rings is 2. The highest BCUT2D eigenvalue weighted by Gasteiger charge is 2.51. The minimum absolute atomic E-state index is 0.415. The van der Waals surface area contributed by atoms with E-state index in [1.165, 1.54) is 0 Å². The Morgan fingerprint density at radius 2 is 1.76 bits per heavy atom. The summed E-state index contributed by atoms with van der Waals surface area (Å²) < 4.78 is 23.4. The average Bonchev–Trinajstić information content (AvgIpc) is 3.23. The van der Waals surface area contributed by atoms with E-state index < -0.39 is 30.5 Å². The molecule has 1 saturated heterocycles. The molecule has 0 radical (unpaired) electrons. The van der Waals surface area contributed by atoms with Crippen molar-refractivity contribution in [2.75, 3.05) is 5.32 Å². The number of carbonyl (C=O) groups is 1. The van der Waals surface area contributed by atoms with Gasteiger partial charge in [0, 0.05) is 16.1 Å². The van der Waals surface area contributed by atoms with Gasteiger partial charge in [-0.2, -0.15) is 0 Å². The first-order valence-corrected chi connectivity index (χ1v) is 11.5. The van der Waals surface area contributed by atoms with Crippen LogP contribution in [-0.4, -0.2) is 29.6 Å². The van der Waals surface area contributed by atoms with Gasteiger partial charge < -0.3 is 18.6 Å². The third-order valence-corrected chi connectivity index (χ3v) is 6.74. The van der Waals surface area contributed by atoms with E-state index in [4.69, 9.17) is 30.2 Å². The van der Waals surface area contributed by atoms with Crippen molar-refractivity contribution < 1.29 is 23.4 Å². The molecule has 1 aromatic heterocycles. The number of carbonyl (C=O) groups excluding carboxylic acids is 1. The molecule has 3 aromatic rings. The van der Waals surface area contributed by atoms with Gasteiger partial charge in [-0.05, 0) is 53.1 Å². The Kier molecular flexibility index (Phi) is 6.51. The third kappa shape index (κ3) is 4.71. The van der Waals surface area contributed by atoms with Crippen molar-refractivity contribution in [2.45, 2.75) is 58.8 Å². The van der Waals surface area contributed by atoms with Crippen LogP contribution in [0.2, 0.25) is 5.02 Å². The second-order valence-electron chi connectivity index (χ2n) is 9.38. The van der Waals surface area contributed by atoms with E-state index in [1.54, 1.807) is 19.9 Å². The van der Waals surface area contributed by atoms with Crippen LogP contribution in [0.5, 0.6) is 0 Å². The van der Waals surface area contributed by atoms with E-state index in [9.17, 15) is 4.79 Å². The van der Waals surface area contributed by atoms with Crippen LogP contribution in [0.3, 0.4) is 0 Å². The molecule has 1 fully saturated rings. The lowest BCUT2D eigenvalue weighted by molar-refractivity contribution is 0.00578. The van der Waals surface area contributed by atoms with Gasteiger partial charge >= 0.3 is 13.2 Å². The molecule has 1 aliphatic heterocycles. The molecule has 4 rings (SSSR count).